The summed E-state index contributed by atoms with van der Waals surface area (Å²) in [6.45, 7) is 6.60. The van der Waals surface area contributed by atoms with Crippen LogP contribution in [0.25, 0.3) is 0 Å². The van der Waals surface area contributed by atoms with Gasteiger partial charge in [0, 0.05) is 18.8 Å². The van der Waals surface area contributed by atoms with E-state index in [9.17, 15) is 0 Å². The fraction of sp³-hybridized carbons (Fsp3) is 0.562. The second-order valence-corrected chi connectivity index (χ2v) is 5.91. The Morgan fingerprint density at radius 1 is 1.20 bits per heavy atom. The van der Waals surface area contributed by atoms with Gasteiger partial charge < -0.3 is 15.5 Å². The Labute approximate surface area is 121 Å². The molecule has 0 unspecified atom stereocenters. The molecule has 0 saturated carbocycles. The van der Waals surface area contributed by atoms with Crippen molar-refractivity contribution in [3.63, 3.8) is 0 Å². The summed E-state index contributed by atoms with van der Waals surface area (Å²) in [6.07, 6.45) is 3.52. The van der Waals surface area contributed by atoms with E-state index < -0.39 is 0 Å². The highest BCUT2D eigenvalue weighted by Gasteiger charge is 2.44. The van der Waals surface area contributed by atoms with Crippen molar-refractivity contribution in [1.82, 2.24) is 4.90 Å². The maximum absolute atomic E-state index is 6.17. The monoisotopic (exact) mass is 272 g/mol. The SMILES string of the molecule is CCCN1CCC2(CC1)CN=C(N)N2c1ccccc1. The van der Waals surface area contributed by atoms with E-state index in [1.165, 1.54) is 18.7 Å². The first-order valence-electron chi connectivity index (χ1n) is 7.63. The van der Waals surface area contributed by atoms with Gasteiger partial charge in [-0.25, -0.2) is 0 Å². The second-order valence-electron chi connectivity index (χ2n) is 5.91. The van der Waals surface area contributed by atoms with Crippen molar-refractivity contribution in [1.29, 1.82) is 0 Å². The third-order valence-corrected chi connectivity index (χ3v) is 4.58. The van der Waals surface area contributed by atoms with Gasteiger partial charge in [-0.2, -0.15) is 0 Å². The Balaban J connectivity index is 1.80. The predicted octanol–water partition coefficient (Wildman–Crippen LogP) is 2.07. The van der Waals surface area contributed by atoms with Crippen LogP contribution < -0.4 is 10.6 Å². The number of nitrogens with two attached hydrogens (primary N) is 1. The molecule has 108 valence electrons. The zero-order valence-electron chi connectivity index (χ0n) is 12.3. The van der Waals surface area contributed by atoms with E-state index in [2.05, 4.69) is 46.0 Å². The molecule has 4 heteroatoms. The lowest BCUT2D eigenvalue weighted by atomic mass is 9.86. The van der Waals surface area contributed by atoms with Gasteiger partial charge >= 0.3 is 0 Å². The lowest BCUT2D eigenvalue weighted by molar-refractivity contribution is 0.171. The molecule has 0 aliphatic carbocycles. The molecule has 2 heterocycles. The summed E-state index contributed by atoms with van der Waals surface area (Å²) in [6, 6.07) is 10.5. The summed E-state index contributed by atoms with van der Waals surface area (Å²) in [5, 5.41) is 0. The first kappa shape index (κ1) is 13.4. The van der Waals surface area contributed by atoms with Crippen LogP contribution >= 0.6 is 0 Å². The maximum Gasteiger partial charge on any atom is 0.196 e. The van der Waals surface area contributed by atoms with E-state index in [-0.39, 0.29) is 5.54 Å². The summed E-state index contributed by atoms with van der Waals surface area (Å²) in [5.74, 6) is 0.681. The molecule has 1 saturated heterocycles. The average Bonchev–Trinajstić information content (AvgIpc) is 2.80. The van der Waals surface area contributed by atoms with Crippen LogP contribution in [0.5, 0.6) is 0 Å². The minimum Gasteiger partial charge on any atom is -0.369 e. The zero-order chi connectivity index (χ0) is 14.0. The van der Waals surface area contributed by atoms with Gasteiger partial charge in [0.2, 0.25) is 0 Å². The molecule has 4 nitrogen and oxygen atoms in total. The Bertz CT molecular complexity index is 475. The highest BCUT2D eigenvalue weighted by molar-refractivity contribution is 5.98. The van der Waals surface area contributed by atoms with Gasteiger partial charge in [0.1, 0.15) is 0 Å². The van der Waals surface area contributed by atoms with Gasteiger partial charge in [-0.3, -0.25) is 4.99 Å². The normalized spacial score (nSPS) is 22.2. The van der Waals surface area contributed by atoms with Crippen molar-refractivity contribution in [2.24, 2.45) is 10.7 Å². The molecule has 1 aromatic carbocycles. The lowest BCUT2D eigenvalue weighted by Crippen LogP contribution is -2.57. The van der Waals surface area contributed by atoms with Crippen LogP contribution in [0.15, 0.2) is 35.3 Å². The average molecular weight is 272 g/mol. The maximum atomic E-state index is 6.17. The summed E-state index contributed by atoms with van der Waals surface area (Å²) in [4.78, 5) is 9.38. The van der Waals surface area contributed by atoms with E-state index in [4.69, 9.17) is 5.73 Å². The fourth-order valence-electron chi connectivity index (χ4n) is 3.49. The summed E-state index contributed by atoms with van der Waals surface area (Å²) in [7, 11) is 0. The highest BCUT2D eigenvalue weighted by Crippen LogP contribution is 2.36. The number of benzene rings is 1. The van der Waals surface area contributed by atoms with Gasteiger partial charge in [0.05, 0.1) is 12.1 Å². The smallest absolute Gasteiger partial charge is 0.196 e. The number of para-hydroxylation sites is 1. The van der Waals surface area contributed by atoms with Crippen LogP contribution in [0, 0.1) is 0 Å². The number of piperidine rings is 1. The number of hydrogen-bond donors (Lipinski definition) is 1. The van der Waals surface area contributed by atoms with Crippen molar-refractivity contribution in [3.05, 3.63) is 30.3 Å². The van der Waals surface area contributed by atoms with E-state index in [0.29, 0.717) is 5.96 Å². The second kappa shape index (κ2) is 5.44. The van der Waals surface area contributed by atoms with Crippen molar-refractivity contribution in [2.45, 2.75) is 31.7 Å². The minimum atomic E-state index is 0.107. The van der Waals surface area contributed by atoms with E-state index in [1.807, 2.05) is 6.07 Å². The largest absolute Gasteiger partial charge is 0.369 e. The molecule has 3 rings (SSSR count). The molecule has 0 aromatic heterocycles. The Kier molecular flexibility index (Phi) is 3.66. The minimum absolute atomic E-state index is 0.107. The quantitative estimate of drug-likeness (QED) is 0.916. The molecule has 1 aromatic rings. The predicted molar refractivity (Wildman–Crippen MR) is 84.1 cm³/mol. The van der Waals surface area contributed by atoms with Crippen molar-refractivity contribution < 1.29 is 0 Å². The van der Waals surface area contributed by atoms with Gasteiger partial charge in [-0.1, -0.05) is 25.1 Å². The third-order valence-electron chi connectivity index (χ3n) is 4.58. The number of aliphatic imine (C=N–C) groups is 1. The molecular weight excluding hydrogens is 248 g/mol. The first-order valence-corrected chi connectivity index (χ1v) is 7.63. The summed E-state index contributed by atoms with van der Waals surface area (Å²) in [5.41, 5.74) is 7.46. The molecule has 0 atom stereocenters. The Hall–Kier alpha value is -1.55. The van der Waals surface area contributed by atoms with Gasteiger partial charge in [0.25, 0.3) is 0 Å². The van der Waals surface area contributed by atoms with Crippen LogP contribution in [0.1, 0.15) is 26.2 Å². The standard InChI is InChI=1S/C16H24N4/c1-2-10-19-11-8-16(9-12-19)13-18-15(17)20(16)14-6-4-3-5-7-14/h3-7H,2,8-13H2,1H3,(H2,17,18). The lowest BCUT2D eigenvalue weighted by Gasteiger charge is -2.45. The number of anilines is 1. The molecule has 0 bridgehead atoms. The van der Waals surface area contributed by atoms with Gasteiger partial charge in [0.15, 0.2) is 5.96 Å². The molecule has 2 N–H and O–H groups in total. The van der Waals surface area contributed by atoms with E-state index >= 15 is 0 Å². The van der Waals surface area contributed by atoms with E-state index in [0.717, 1.165) is 32.5 Å². The van der Waals surface area contributed by atoms with Gasteiger partial charge in [-0.15, -0.1) is 0 Å². The number of likely N-dealkylation sites (tertiary alicyclic amines) is 1. The number of guanidine groups is 1. The molecule has 0 amide bonds. The topological polar surface area (TPSA) is 44.9 Å². The van der Waals surface area contributed by atoms with E-state index in [1.54, 1.807) is 0 Å². The summed E-state index contributed by atoms with van der Waals surface area (Å²) >= 11 is 0. The molecule has 0 radical (unpaired) electrons. The highest BCUT2D eigenvalue weighted by atomic mass is 15.4. The van der Waals surface area contributed by atoms with Crippen molar-refractivity contribution in [3.8, 4) is 0 Å². The van der Waals surface area contributed by atoms with Crippen LogP contribution in [0.2, 0.25) is 0 Å². The van der Waals surface area contributed by atoms with Crippen molar-refractivity contribution in [2.75, 3.05) is 31.1 Å². The fourth-order valence-corrected chi connectivity index (χ4v) is 3.49. The molecular formula is C16H24N4. The third kappa shape index (κ3) is 2.29. The number of rotatable bonds is 3. The van der Waals surface area contributed by atoms with Gasteiger partial charge in [-0.05, 0) is 37.9 Å². The van der Waals surface area contributed by atoms with Crippen LogP contribution in [0.3, 0.4) is 0 Å². The zero-order valence-corrected chi connectivity index (χ0v) is 12.3. The molecule has 1 spiro atoms. The number of hydrogen-bond acceptors (Lipinski definition) is 4. The molecule has 2 aliphatic heterocycles. The van der Waals surface area contributed by atoms with Crippen molar-refractivity contribution >= 4 is 11.6 Å². The molecule has 2 aliphatic rings. The van der Waals surface area contributed by atoms with Crippen LogP contribution in [-0.2, 0) is 0 Å². The first-order chi connectivity index (χ1) is 9.75. The summed E-state index contributed by atoms with van der Waals surface area (Å²) < 4.78 is 0. The Morgan fingerprint density at radius 3 is 2.55 bits per heavy atom. The van der Waals surface area contributed by atoms with Crippen LogP contribution in [0.4, 0.5) is 5.69 Å². The molecule has 1 fully saturated rings. The number of nitrogens with zero attached hydrogens (tertiary/aromatic N) is 3. The molecule has 20 heavy (non-hydrogen) atoms. The van der Waals surface area contributed by atoms with Crippen LogP contribution in [-0.4, -0.2) is 42.6 Å². The Morgan fingerprint density at radius 2 is 1.90 bits per heavy atom.